The Bertz CT molecular complexity index is 795. The number of carbonyl (C=O) groups is 4. The lowest BCUT2D eigenvalue weighted by Gasteiger charge is -2.33. The molecule has 7 atom stereocenters. The van der Waals surface area contributed by atoms with Gasteiger partial charge in [0.15, 0.2) is 0 Å². The molecule has 4 fully saturated rings. The largest absolute Gasteiger partial charge is 0.481 e. The smallest absolute Gasteiger partial charge is 0.333 e. The Morgan fingerprint density at radius 1 is 1.27 bits per heavy atom. The molecule has 0 radical (unpaired) electrons. The highest BCUT2D eigenvalue weighted by atomic mass is 16.6. The van der Waals surface area contributed by atoms with E-state index in [2.05, 4.69) is 6.58 Å². The number of fused-ring (bicyclic) bond motifs is 1. The van der Waals surface area contributed by atoms with Crippen molar-refractivity contribution >= 4 is 23.9 Å². The predicted octanol–water partition coefficient (Wildman–Crippen LogP) is 2.25. The summed E-state index contributed by atoms with van der Waals surface area (Å²) in [6.45, 7) is 6.94. The van der Waals surface area contributed by atoms with Crippen LogP contribution in [0.3, 0.4) is 0 Å². The Hall–Kier alpha value is -2.38. The van der Waals surface area contributed by atoms with E-state index in [4.69, 9.17) is 14.2 Å². The Kier molecular flexibility index (Phi) is 5.14. The topological polar surface area (TPSA) is 116 Å². The van der Waals surface area contributed by atoms with Crippen LogP contribution in [0.5, 0.6) is 0 Å². The second-order valence-corrected chi connectivity index (χ2v) is 9.42. The number of hydrogen-bond acceptors (Lipinski definition) is 7. The highest BCUT2D eigenvalue weighted by Crippen LogP contribution is 2.58. The van der Waals surface area contributed by atoms with Gasteiger partial charge in [-0.25, -0.2) is 4.79 Å². The molecule has 164 valence electrons. The van der Waals surface area contributed by atoms with E-state index < -0.39 is 65.4 Å². The third-order valence-corrected chi connectivity index (χ3v) is 7.34. The Labute approximate surface area is 174 Å². The van der Waals surface area contributed by atoms with E-state index >= 15 is 0 Å². The van der Waals surface area contributed by atoms with Crippen LogP contribution in [-0.4, -0.2) is 46.8 Å². The van der Waals surface area contributed by atoms with Gasteiger partial charge in [-0.15, -0.1) is 0 Å². The van der Waals surface area contributed by atoms with E-state index in [0.717, 1.165) is 12.8 Å². The minimum atomic E-state index is -1.05. The first-order chi connectivity index (χ1) is 14.1. The van der Waals surface area contributed by atoms with Gasteiger partial charge in [-0.2, -0.15) is 0 Å². The molecule has 1 aliphatic heterocycles. The number of rotatable bonds is 7. The minimum absolute atomic E-state index is 0.200. The minimum Gasteiger partial charge on any atom is -0.481 e. The summed E-state index contributed by atoms with van der Waals surface area (Å²) in [5.41, 5.74) is -0.395. The van der Waals surface area contributed by atoms with Crippen molar-refractivity contribution in [3.05, 3.63) is 12.2 Å². The average Bonchev–Trinajstić information content (AvgIpc) is 3.39. The molecule has 0 amide bonds. The molecule has 0 aromatic carbocycles. The summed E-state index contributed by atoms with van der Waals surface area (Å²) in [5, 5.41) is 9.58. The van der Waals surface area contributed by atoms with Crippen molar-refractivity contribution in [3.8, 4) is 0 Å². The highest BCUT2D eigenvalue weighted by Gasteiger charge is 2.70. The lowest BCUT2D eigenvalue weighted by molar-refractivity contribution is -0.172. The molecule has 8 nitrogen and oxygen atoms in total. The summed E-state index contributed by atoms with van der Waals surface area (Å²) >= 11 is 0. The van der Waals surface area contributed by atoms with Crippen LogP contribution in [0.25, 0.3) is 0 Å². The van der Waals surface area contributed by atoms with Gasteiger partial charge in [0.25, 0.3) is 0 Å². The van der Waals surface area contributed by atoms with E-state index in [1.54, 1.807) is 13.8 Å². The maximum atomic E-state index is 12.9. The van der Waals surface area contributed by atoms with Crippen molar-refractivity contribution in [2.75, 3.05) is 0 Å². The zero-order valence-electron chi connectivity index (χ0n) is 17.3. The van der Waals surface area contributed by atoms with Crippen molar-refractivity contribution < 1.29 is 38.5 Å². The van der Waals surface area contributed by atoms with Crippen molar-refractivity contribution in [1.82, 2.24) is 0 Å². The van der Waals surface area contributed by atoms with Crippen LogP contribution in [0.2, 0.25) is 0 Å². The van der Waals surface area contributed by atoms with Crippen LogP contribution in [-0.2, 0) is 33.4 Å². The molecular weight excluding hydrogens is 392 g/mol. The molecule has 0 aromatic heterocycles. The zero-order chi connectivity index (χ0) is 21.8. The lowest BCUT2D eigenvalue weighted by Crippen LogP contribution is -2.44. The number of carboxylic acids is 1. The summed E-state index contributed by atoms with van der Waals surface area (Å²) in [5.74, 6) is -5.14. The van der Waals surface area contributed by atoms with Crippen molar-refractivity contribution in [2.24, 2.45) is 29.6 Å². The molecule has 1 saturated heterocycles. The quantitative estimate of drug-likeness (QED) is 0.379. The van der Waals surface area contributed by atoms with Gasteiger partial charge in [-0.05, 0) is 39.0 Å². The molecule has 3 saturated carbocycles. The van der Waals surface area contributed by atoms with Gasteiger partial charge in [-0.3, -0.25) is 14.4 Å². The van der Waals surface area contributed by atoms with Gasteiger partial charge in [0.1, 0.15) is 17.8 Å². The van der Waals surface area contributed by atoms with Gasteiger partial charge in [0.2, 0.25) is 0 Å². The number of aliphatic carboxylic acids is 1. The third-order valence-electron chi connectivity index (χ3n) is 7.34. The van der Waals surface area contributed by atoms with Crippen molar-refractivity contribution in [1.29, 1.82) is 0 Å². The van der Waals surface area contributed by atoms with Gasteiger partial charge < -0.3 is 19.3 Å². The Morgan fingerprint density at radius 2 is 1.93 bits per heavy atom. The van der Waals surface area contributed by atoms with E-state index in [1.165, 1.54) is 0 Å². The van der Waals surface area contributed by atoms with E-state index in [0.29, 0.717) is 31.3 Å². The van der Waals surface area contributed by atoms with Crippen molar-refractivity contribution in [3.63, 3.8) is 0 Å². The van der Waals surface area contributed by atoms with Crippen molar-refractivity contribution in [2.45, 2.75) is 70.2 Å². The van der Waals surface area contributed by atoms with Gasteiger partial charge in [0, 0.05) is 23.8 Å². The highest BCUT2D eigenvalue weighted by molar-refractivity contribution is 5.87. The van der Waals surface area contributed by atoms with Crippen LogP contribution in [0.1, 0.15) is 52.4 Å². The SMILES string of the molecule is C=C(C)C(=O)OC1(CC(C)C(=O)OC2C3CC4C2OC(=O)C4C3C(=O)O)CCCC1. The van der Waals surface area contributed by atoms with Crippen LogP contribution in [0, 0.1) is 29.6 Å². The molecule has 3 aliphatic carbocycles. The average molecular weight is 420 g/mol. The molecule has 30 heavy (non-hydrogen) atoms. The number of ether oxygens (including phenoxy) is 3. The fourth-order valence-electron chi connectivity index (χ4n) is 6.03. The molecule has 0 aromatic rings. The molecule has 1 heterocycles. The third kappa shape index (κ3) is 3.30. The maximum Gasteiger partial charge on any atom is 0.333 e. The molecule has 1 N–H and O–H groups in total. The first kappa shape index (κ1) is 20.9. The number of carboxylic acid groups (broad SMARTS) is 1. The first-order valence-electron chi connectivity index (χ1n) is 10.7. The standard InChI is InChI=1S/C22H28O8/c1-10(2)19(25)30-22(6-4-5-7-22)9-11(3)20(26)28-16-12-8-13-15(14(12)18(23)24)21(27)29-17(13)16/h11-17H,1,4-9H2,2-3H3,(H,23,24). The number of hydrogen-bond donors (Lipinski definition) is 1. The predicted molar refractivity (Wildman–Crippen MR) is 102 cm³/mol. The van der Waals surface area contributed by atoms with E-state index in [9.17, 15) is 24.3 Å². The second kappa shape index (κ2) is 7.39. The van der Waals surface area contributed by atoms with E-state index in [1.807, 2.05) is 0 Å². The molecule has 4 rings (SSSR count). The monoisotopic (exact) mass is 420 g/mol. The normalized spacial score (nSPS) is 36.3. The Balaban J connectivity index is 1.44. The molecule has 2 bridgehead atoms. The first-order valence-corrected chi connectivity index (χ1v) is 10.7. The molecule has 8 heteroatoms. The molecule has 4 aliphatic rings. The maximum absolute atomic E-state index is 12.9. The molecule has 0 spiro atoms. The zero-order valence-corrected chi connectivity index (χ0v) is 17.3. The second-order valence-electron chi connectivity index (χ2n) is 9.42. The summed E-state index contributed by atoms with van der Waals surface area (Å²) in [6, 6.07) is 0. The van der Waals surface area contributed by atoms with Gasteiger partial charge >= 0.3 is 23.9 Å². The number of carbonyl (C=O) groups excluding carboxylic acids is 3. The number of esters is 3. The van der Waals surface area contributed by atoms with Crippen LogP contribution in [0.4, 0.5) is 0 Å². The summed E-state index contributed by atoms with van der Waals surface area (Å²) in [6.07, 6.45) is 2.76. The van der Waals surface area contributed by atoms with Gasteiger partial charge in [0.05, 0.1) is 17.8 Å². The summed E-state index contributed by atoms with van der Waals surface area (Å²) in [7, 11) is 0. The van der Waals surface area contributed by atoms with Crippen LogP contribution < -0.4 is 0 Å². The Morgan fingerprint density at radius 3 is 2.53 bits per heavy atom. The fraction of sp³-hybridized carbons (Fsp3) is 0.727. The molecular formula is C22H28O8. The molecule has 7 unspecified atom stereocenters. The summed E-state index contributed by atoms with van der Waals surface area (Å²) < 4.78 is 16.8. The lowest BCUT2D eigenvalue weighted by atomic mass is 9.78. The van der Waals surface area contributed by atoms with Gasteiger partial charge in [-0.1, -0.05) is 13.5 Å². The van der Waals surface area contributed by atoms with E-state index in [-0.39, 0.29) is 5.92 Å². The van der Waals surface area contributed by atoms with Crippen LogP contribution in [0.15, 0.2) is 12.2 Å². The summed E-state index contributed by atoms with van der Waals surface area (Å²) in [4.78, 5) is 48.8. The fourth-order valence-corrected chi connectivity index (χ4v) is 6.03. The van der Waals surface area contributed by atoms with Crippen LogP contribution >= 0.6 is 0 Å².